The number of fused-ring (bicyclic) bond motifs is 1. The van der Waals surface area contributed by atoms with Crippen molar-refractivity contribution in [1.29, 1.82) is 0 Å². The number of nitrogens with two attached hydrogens (primary N) is 1. The fourth-order valence-electron chi connectivity index (χ4n) is 3.74. The average molecular weight is 501 g/mol. The summed E-state index contributed by atoms with van der Waals surface area (Å²) in [5, 5.41) is 7.43. The Morgan fingerprint density at radius 1 is 1.11 bits per heavy atom. The first-order chi connectivity index (χ1) is 16.9. The van der Waals surface area contributed by atoms with Crippen LogP contribution in [-0.2, 0) is 6.54 Å². The summed E-state index contributed by atoms with van der Waals surface area (Å²) >= 11 is 0. The Bertz CT molecular complexity index is 1500. The van der Waals surface area contributed by atoms with Crippen LogP contribution >= 0.6 is 0 Å². The van der Waals surface area contributed by atoms with E-state index in [2.05, 4.69) is 20.1 Å². The second-order valence-corrected chi connectivity index (χ2v) is 7.93. The number of primary amides is 1. The molecule has 3 N–H and O–H groups in total. The van der Waals surface area contributed by atoms with Crippen molar-refractivity contribution in [2.24, 2.45) is 5.73 Å². The standard InChI is InChI=1S/C24H19F4N5O3/c1-12-21(13(2)33(32-12)11-14-4-3-5-16(8-14)36-24(26,27)28)31-23(35)18-10-20(22(29)34)30-19-9-15(25)6-7-17(18)19/h3-10H,11H2,1-2H3,(H2,29,34)(H,31,35). The number of rotatable bonds is 6. The Morgan fingerprint density at radius 2 is 1.86 bits per heavy atom. The third kappa shape index (κ3) is 5.27. The summed E-state index contributed by atoms with van der Waals surface area (Å²) in [6.07, 6.45) is -4.81. The number of ether oxygens (including phenoxy) is 1. The van der Waals surface area contributed by atoms with E-state index in [1.54, 1.807) is 19.9 Å². The van der Waals surface area contributed by atoms with E-state index < -0.39 is 24.0 Å². The van der Waals surface area contributed by atoms with Crippen molar-refractivity contribution in [1.82, 2.24) is 14.8 Å². The van der Waals surface area contributed by atoms with Crippen LogP contribution in [0.25, 0.3) is 10.9 Å². The minimum absolute atomic E-state index is 0.0531. The van der Waals surface area contributed by atoms with E-state index in [1.807, 2.05) is 0 Å². The van der Waals surface area contributed by atoms with Crippen LogP contribution in [0.5, 0.6) is 5.75 Å². The molecule has 2 aromatic heterocycles. The molecule has 36 heavy (non-hydrogen) atoms. The number of aryl methyl sites for hydroxylation is 1. The van der Waals surface area contributed by atoms with E-state index in [0.717, 1.165) is 12.1 Å². The van der Waals surface area contributed by atoms with Crippen LogP contribution in [-0.4, -0.2) is 32.9 Å². The van der Waals surface area contributed by atoms with E-state index in [0.29, 0.717) is 28.0 Å². The molecule has 0 atom stereocenters. The van der Waals surface area contributed by atoms with Gasteiger partial charge in [-0.1, -0.05) is 12.1 Å². The second kappa shape index (κ2) is 9.29. The van der Waals surface area contributed by atoms with Gasteiger partial charge in [0.2, 0.25) is 0 Å². The molecule has 8 nitrogen and oxygen atoms in total. The lowest BCUT2D eigenvalue weighted by Crippen LogP contribution is -2.18. The second-order valence-electron chi connectivity index (χ2n) is 7.93. The molecule has 12 heteroatoms. The SMILES string of the molecule is Cc1nn(Cc2cccc(OC(F)(F)F)c2)c(C)c1NC(=O)c1cc(C(N)=O)nc2cc(F)ccc12. The summed E-state index contributed by atoms with van der Waals surface area (Å²) in [6.45, 7) is 3.44. The third-order valence-electron chi connectivity index (χ3n) is 5.35. The lowest BCUT2D eigenvalue weighted by atomic mass is 10.1. The van der Waals surface area contributed by atoms with Gasteiger partial charge >= 0.3 is 6.36 Å². The Labute approximate surface area is 201 Å². The van der Waals surface area contributed by atoms with Gasteiger partial charge in [-0.25, -0.2) is 9.37 Å². The van der Waals surface area contributed by atoms with Gasteiger partial charge in [-0.15, -0.1) is 13.2 Å². The van der Waals surface area contributed by atoms with Crippen molar-refractivity contribution < 1.29 is 31.9 Å². The van der Waals surface area contributed by atoms with E-state index in [9.17, 15) is 27.2 Å². The highest BCUT2D eigenvalue weighted by molar-refractivity contribution is 6.14. The molecular formula is C24H19F4N5O3. The molecule has 0 spiro atoms. The third-order valence-corrected chi connectivity index (χ3v) is 5.35. The van der Waals surface area contributed by atoms with Crippen molar-refractivity contribution in [3.05, 3.63) is 82.6 Å². The largest absolute Gasteiger partial charge is 0.573 e. The van der Waals surface area contributed by atoms with Crippen LogP contribution < -0.4 is 15.8 Å². The molecule has 186 valence electrons. The molecule has 2 heterocycles. The first-order valence-corrected chi connectivity index (χ1v) is 10.5. The minimum atomic E-state index is -4.81. The lowest BCUT2D eigenvalue weighted by Gasteiger charge is -2.11. The molecule has 0 aliphatic rings. The first kappa shape index (κ1) is 24.6. The van der Waals surface area contributed by atoms with Gasteiger partial charge in [-0.05, 0) is 49.7 Å². The van der Waals surface area contributed by atoms with Crippen LogP contribution in [0.3, 0.4) is 0 Å². The summed E-state index contributed by atoms with van der Waals surface area (Å²) < 4.78 is 56.8. The zero-order chi connectivity index (χ0) is 26.2. The first-order valence-electron chi connectivity index (χ1n) is 10.5. The smallest absolute Gasteiger partial charge is 0.406 e. The molecule has 4 rings (SSSR count). The summed E-state index contributed by atoms with van der Waals surface area (Å²) in [4.78, 5) is 28.9. The quantitative estimate of drug-likeness (QED) is 0.378. The number of aromatic nitrogens is 3. The molecule has 0 bridgehead atoms. The van der Waals surface area contributed by atoms with Crippen LogP contribution in [0, 0.1) is 19.7 Å². The number of hydrogen-bond donors (Lipinski definition) is 2. The van der Waals surface area contributed by atoms with Crippen molar-refractivity contribution >= 4 is 28.4 Å². The van der Waals surface area contributed by atoms with Gasteiger partial charge < -0.3 is 15.8 Å². The van der Waals surface area contributed by atoms with Gasteiger partial charge in [-0.3, -0.25) is 14.3 Å². The summed E-state index contributed by atoms with van der Waals surface area (Å²) in [7, 11) is 0. The molecule has 4 aromatic rings. The zero-order valence-corrected chi connectivity index (χ0v) is 19.0. The van der Waals surface area contributed by atoms with Crippen LogP contribution in [0.15, 0.2) is 48.5 Å². The molecule has 0 unspecified atom stereocenters. The van der Waals surface area contributed by atoms with E-state index >= 15 is 0 Å². The van der Waals surface area contributed by atoms with Crippen molar-refractivity contribution in [3.8, 4) is 5.75 Å². The van der Waals surface area contributed by atoms with Crippen LogP contribution in [0.4, 0.5) is 23.2 Å². The van der Waals surface area contributed by atoms with E-state index in [4.69, 9.17) is 5.73 Å². The topological polar surface area (TPSA) is 112 Å². The lowest BCUT2D eigenvalue weighted by molar-refractivity contribution is -0.274. The summed E-state index contributed by atoms with van der Waals surface area (Å²) in [5.41, 5.74) is 7.10. The monoisotopic (exact) mass is 501 g/mol. The predicted molar refractivity (Wildman–Crippen MR) is 122 cm³/mol. The fraction of sp³-hybridized carbons (Fsp3) is 0.167. The molecule has 0 aliphatic heterocycles. The van der Waals surface area contributed by atoms with Gasteiger partial charge in [0.15, 0.2) is 0 Å². The van der Waals surface area contributed by atoms with Crippen LogP contribution in [0.1, 0.15) is 37.8 Å². The molecule has 0 saturated carbocycles. The number of benzene rings is 2. The average Bonchev–Trinajstić information content (AvgIpc) is 3.04. The molecule has 0 aliphatic carbocycles. The van der Waals surface area contributed by atoms with Gasteiger partial charge in [-0.2, -0.15) is 5.10 Å². The fourth-order valence-corrected chi connectivity index (χ4v) is 3.74. The number of anilines is 1. The minimum Gasteiger partial charge on any atom is -0.406 e. The van der Waals surface area contributed by atoms with Gasteiger partial charge in [0.25, 0.3) is 11.8 Å². The Kier molecular flexibility index (Phi) is 6.35. The highest BCUT2D eigenvalue weighted by Gasteiger charge is 2.31. The number of nitrogens with one attached hydrogen (secondary N) is 1. The highest BCUT2D eigenvalue weighted by Crippen LogP contribution is 2.26. The maximum atomic E-state index is 13.7. The van der Waals surface area contributed by atoms with E-state index in [-0.39, 0.29) is 29.1 Å². The molecule has 0 fully saturated rings. The maximum absolute atomic E-state index is 13.7. The number of amides is 2. The Balaban J connectivity index is 1.63. The molecular weight excluding hydrogens is 482 g/mol. The number of carbonyl (C=O) groups excluding carboxylic acids is 2. The Hall–Kier alpha value is -4.48. The summed E-state index contributed by atoms with van der Waals surface area (Å²) in [5.74, 6) is -2.45. The molecule has 0 radical (unpaired) electrons. The number of alkyl halides is 3. The highest BCUT2D eigenvalue weighted by atomic mass is 19.4. The van der Waals surface area contributed by atoms with Crippen LogP contribution in [0.2, 0.25) is 0 Å². The molecule has 2 amide bonds. The summed E-state index contributed by atoms with van der Waals surface area (Å²) in [6, 6.07) is 10.3. The van der Waals surface area contributed by atoms with Crippen molar-refractivity contribution in [3.63, 3.8) is 0 Å². The normalized spacial score (nSPS) is 11.5. The van der Waals surface area contributed by atoms with E-state index in [1.165, 1.54) is 35.0 Å². The maximum Gasteiger partial charge on any atom is 0.573 e. The number of hydrogen-bond acceptors (Lipinski definition) is 5. The van der Waals surface area contributed by atoms with Gasteiger partial charge in [0.1, 0.15) is 17.3 Å². The van der Waals surface area contributed by atoms with Gasteiger partial charge in [0.05, 0.1) is 34.7 Å². The predicted octanol–water partition coefficient (Wildman–Crippen LogP) is 4.49. The van der Waals surface area contributed by atoms with Gasteiger partial charge in [0, 0.05) is 11.5 Å². The van der Waals surface area contributed by atoms with Crippen molar-refractivity contribution in [2.45, 2.75) is 26.8 Å². The molecule has 2 aromatic carbocycles. The van der Waals surface area contributed by atoms with Crippen molar-refractivity contribution in [2.75, 3.05) is 5.32 Å². The number of nitrogens with zero attached hydrogens (tertiary/aromatic N) is 3. The Morgan fingerprint density at radius 3 is 2.56 bits per heavy atom. The zero-order valence-electron chi connectivity index (χ0n) is 19.0. The molecule has 0 saturated heterocycles. The number of pyridine rings is 1. The number of halogens is 4. The number of carbonyl (C=O) groups is 2.